The molecule has 2 aromatic rings. The van der Waals surface area contributed by atoms with E-state index < -0.39 is 22.0 Å². The standard InChI is InChI=1S/C16H18N2O4S/c19-16(20)15(12-13-6-2-1-3-7-13)18-23(21,22)11-9-14-8-4-5-10-17-14/h1-8,10,15,18H,9,11-12H2,(H,19,20). The van der Waals surface area contributed by atoms with Crippen LogP contribution in [0, 0.1) is 0 Å². The predicted molar refractivity (Wildman–Crippen MR) is 86.4 cm³/mol. The highest BCUT2D eigenvalue weighted by Crippen LogP contribution is 2.06. The van der Waals surface area contributed by atoms with Gasteiger partial charge < -0.3 is 5.11 Å². The number of aryl methyl sites for hydroxylation is 1. The number of nitrogens with zero attached hydrogens (tertiary/aromatic N) is 1. The van der Waals surface area contributed by atoms with Crippen molar-refractivity contribution in [3.63, 3.8) is 0 Å². The summed E-state index contributed by atoms with van der Waals surface area (Å²) >= 11 is 0. The second-order valence-corrected chi connectivity index (χ2v) is 6.96. The van der Waals surface area contributed by atoms with E-state index in [4.69, 9.17) is 0 Å². The average Bonchev–Trinajstić information content (AvgIpc) is 2.54. The van der Waals surface area contributed by atoms with Crippen LogP contribution < -0.4 is 4.72 Å². The number of aliphatic carboxylic acids is 1. The Hall–Kier alpha value is -2.25. The lowest BCUT2D eigenvalue weighted by molar-refractivity contribution is -0.138. The molecule has 1 heterocycles. The van der Waals surface area contributed by atoms with E-state index in [0.29, 0.717) is 5.69 Å². The number of carboxylic acid groups (broad SMARTS) is 1. The monoisotopic (exact) mass is 334 g/mol. The molecule has 1 unspecified atom stereocenters. The second kappa shape index (κ2) is 7.85. The minimum Gasteiger partial charge on any atom is -0.480 e. The first kappa shape index (κ1) is 17.1. The summed E-state index contributed by atoms with van der Waals surface area (Å²) in [7, 11) is -3.71. The minimum absolute atomic E-state index is 0.0962. The predicted octanol–water partition coefficient (Wildman–Crippen LogP) is 1.24. The molecule has 2 N–H and O–H groups in total. The Labute approximate surface area is 135 Å². The fourth-order valence-corrected chi connectivity index (χ4v) is 3.30. The summed E-state index contributed by atoms with van der Waals surface area (Å²) in [6.07, 6.45) is 1.91. The van der Waals surface area contributed by atoms with Crippen molar-refractivity contribution in [3.8, 4) is 0 Å². The van der Waals surface area contributed by atoms with Crippen molar-refractivity contribution in [1.29, 1.82) is 0 Å². The van der Waals surface area contributed by atoms with Crippen molar-refractivity contribution in [2.75, 3.05) is 5.75 Å². The molecule has 0 aliphatic heterocycles. The topological polar surface area (TPSA) is 96.4 Å². The van der Waals surface area contributed by atoms with Gasteiger partial charge in [-0.15, -0.1) is 0 Å². The largest absolute Gasteiger partial charge is 0.480 e. The smallest absolute Gasteiger partial charge is 0.322 e. The molecular formula is C16H18N2O4S. The van der Waals surface area contributed by atoms with Gasteiger partial charge in [0, 0.05) is 18.3 Å². The molecule has 1 aromatic heterocycles. The van der Waals surface area contributed by atoms with E-state index in [2.05, 4.69) is 9.71 Å². The van der Waals surface area contributed by atoms with Crippen molar-refractivity contribution in [3.05, 3.63) is 66.0 Å². The van der Waals surface area contributed by atoms with Crippen LogP contribution in [0.5, 0.6) is 0 Å². The molecule has 0 radical (unpaired) electrons. The zero-order chi connectivity index (χ0) is 16.7. The maximum atomic E-state index is 12.1. The van der Waals surface area contributed by atoms with Gasteiger partial charge in [-0.05, 0) is 24.1 Å². The molecule has 1 atom stereocenters. The fraction of sp³-hybridized carbons (Fsp3) is 0.250. The summed E-state index contributed by atoms with van der Waals surface area (Å²) in [5.41, 5.74) is 1.40. The summed E-state index contributed by atoms with van der Waals surface area (Å²) in [5, 5.41) is 9.24. The summed E-state index contributed by atoms with van der Waals surface area (Å²) in [6, 6.07) is 13.0. The van der Waals surface area contributed by atoms with Crippen molar-refractivity contribution in [2.45, 2.75) is 18.9 Å². The number of sulfonamides is 1. The number of aromatic nitrogens is 1. The van der Waals surface area contributed by atoms with Gasteiger partial charge in [-0.3, -0.25) is 9.78 Å². The molecule has 0 fully saturated rings. The summed E-state index contributed by atoms with van der Waals surface area (Å²) < 4.78 is 26.5. The Bertz CT molecular complexity index is 733. The van der Waals surface area contributed by atoms with Crippen LogP contribution in [0.4, 0.5) is 0 Å². The SMILES string of the molecule is O=C(O)C(Cc1ccccc1)NS(=O)(=O)CCc1ccccn1. The number of pyridine rings is 1. The zero-order valence-corrected chi connectivity index (χ0v) is 13.2. The van der Waals surface area contributed by atoms with Crippen LogP contribution in [0.25, 0.3) is 0 Å². The molecule has 23 heavy (non-hydrogen) atoms. The Balaban J connectivity index is 1.99. The van der Waals surface area contributed by atoms with E-state index in [1.807, 2.05) is 6.07 Å². The molecule has 7 heteroatoms. The third-order valence-electron chi connectivity index (χ3n) is 3.26. The van der Waals surface area contributed by atoms with Crippen molar-refractivity contribution >= 4 is 16.0 Å². The number of rotatable bonds is 8. The van der Waals surface area contributed by atoms with Gasteiger partial charge in [0.2, 0.25) is 10.0 Å². The van der Waals surface area contributed by atoms with Crippen LogP contribution in [0.15, 0.2) is 54.7 Å². The summed E-state index contributed by atoms with van der Waals surface area (Å²) in [4.78, 5) is 15.4. The van der Waals surface area contributed by atoms with E-state index in [0.717, 1.165) is 5.56 Å². The van der Waals surface area contributed by atoms with Crippen LogP contribution in [0.1, 0.15) is 11.3 Å². The van der Waals surface area contributed by atoms with Crippen LogP contribution in [-0.2, 0) is 27.7 Å². The first-order valence-corrected chi connectivity index (χ1v) is 8.78. The highest BCUT2D eigenvalue weighted by Gasteiger charge is 2.24. The minimum atomic E-state index is -3.71. The molecule has 2 rings (SSSR count). The molecule has 0 aliphatic carbocycles. The number of benzene rings is 1. The van der Waals surface area contributed by atoms with Gasteiger partial charge in [0.15, 0.2) is 0 Å². The highest BCUT2D eigenvalue weighted by molar-refractivity contribution is 7.89. The first-order chi connectivity index (χ1) is 11.0. The molecule has 0 bridgehead atoms. The molecular weight excluding hydrogens is 316 g/mol. The zero-order valence-electron chi connectivity index (χ0n) is 12.4. The number of carbonyl (C=O) groups is 1. The molecule has 0 amide bonds. The maximum absolute atomic E-state index is 12.1. The van der Waals surface area contributed by atoms with Gasteiger partial charge in [-0.1, -0.05) is 36.4 Å². The first-order valence-electron chi connectivity index (χ1n) is 7.13. The van der Waals surface area contributed by atoms with Crippen LogP contribution in [0.3, 0.4) is 0 Å². The lowest BCUT2D eigenvalue weighted by atomic mass is 10.1. The third-order valence-corrected chi connectivity index (χ3v) is 4.64. The van der Waals surface area contributed by atoms with E-state index >= 15 is 0 Å². The molecule has 6 nitrogen and oxygen atoms in total. The molecule has 0 saturated carbocycles. The molecule has 122 valence electrons. The van der Waals surface area contributed by atoms with Gasteiger partial charge in [-0.25, -0.2) is 13.1 Å². The van der Waals surface area contributed by atoms with E-state index in [1.165, 1.54) is 0 Å². The molecule has 1 aromatic carbocycles. The van der Waals surface area contributed by atoms with Crippen LogP contribution in [-0.4, -0.2) is 36.3 Å². The fourth-order valence-electron chi connectivity index (χ4n) is 2.09. The summed E-state index contributed by atoms with van der Waals surface area (Å²) in [6.45, 7) is 0. The average molecular weight is 334 g/mol. The van der Waals surface area contributed by atoms with Gasteiger partial charge in [0.05, 0.1) is 5.75 Å². The lowest BCUT2D eigenvalue weighted by Crippen LogP contribution is -2.43. The van der Waals surface area contributed by atoms with Crippen molar-refractivity contribution < 1.29 is 18.3 Å². The quantitative estimate of drug-likeness (QED) is 0.757. The second-order valence-electron chi connectivity index (χ2n) is 5.09. The number of carboxylic acids is 1. The van der Waals surface area contributed by atoms with Gasteiger partial charge in [0.25, 0.3) is 0 Å². The number of hydrogen-bond donors (Lipinski definition) is 2. The Kier molecular flexibility index (Phi) is 5.84. The molecule has 0 aliphatic rings. The van der Waals surface area contributed by atoms with Gasteiger partial charge in [0.1, 0.15) is 6.04 Å². The van der Waals surface area contributed by atoms with E-state index in [9.17, 15) is 18.3 Å². The third kappa shape index (κ3) is 5.80. The Morgan fingerprint density at radius 1 is 1.13 bits per heavy atom. The van der Waals surface area contributed by atoms with Crippen molar-refractivity contribution in [2.24, 2.45) is 0 Å². The van der Waals surface area contributed by atoms with Crippen molar-refractivity contribution in [1.82, 2.24) is 9.71 Å². The normalized spacial score (nSPS) is 12.7. The highest BCUT2D eigenvalue weighted by atomic mass is 32.2. The van der Waals surface area contributed by atoms with E-state index in [-0.39, 0.29) is 18.6 Å². The number of hydrogen-bond acceptors (Lipinski definition) is 4. The number of nitrogens with one attached hydrogen (secondary N) is 1. The van der Waals surface area contributed by atoms with Gasteiger partial charge >= 0.3 is 5.97 Å². The Morgan fingerprint density at radius 2 is 1.83 bits per heavy atom. The molecule has 0 saturated heterocycles. The lowest BCUT2D eigenvalue weighted by Gasteiger charge is -2.15. The summed E-state index contributed by atoms with van der Waals surface area (Å²) in [5.74, 6) is -1.40. The maximum Gasteiger partial charge on any atom is 0.322 e. The van der Waals surface area contributed by atoms with Crippen LogP contribution >= 0.6 is 0 Å². The van der Waals surface area contributed by atoms with Crippen LogP contribution in [0.2, 0.25) is 0 Å². The van der Waals surface area contributed by atoms with E-state index in [1.54, 1.807) is 48.7 Å². The van der Waals surface area contributed by atoms with Gasteiger partial charge in [-0.2, -0.15) is 0 Å². The molecule has 0 spiro atoms. The Morgan fingerprint density at radius 3 is 2.43 bits per heavy atom.